The fourth-order valence-corrected chi connectivity index (χ4v) is 4.60. The van der Waals surface area contributed by atoms with E-state index in [1.54, 1.807) is 16.3 Å². The lowest BCUT2D eigenvalue weighted by Crippen LogP contribution is -2.43. The number of benzene rings is 1. The van der Waals surface area contributed by atoms with Gasteiger partial charge in [-0.15, -0.1) is 11.3 Å². The molecule has 1 aliphatic rings. The van der Waals surface area contributed by atoms with Crippen LogP contribution in [0.4, 0.5) is 18.0 Å². The Morgan fingerprint density at radius 1 is 1.26 bits per heavy atom. The lowest BCUT2D eigenvalue weighted by atomic mass is 9.95. The van der Waals surface area contributed by atoms with Gasteiger partial charge in [0.1, 0.15) is 10.6 Å². The van der Waals surface area contributed by atoms with E-state index in [0.717, 1.165) is 31.4 Å². The third-order valence-corrected chi connectivity index (χ3v) is 6.32. The number of nitrogens with zero attached hydrogens (tertiary/aromatic N) is 2. The Hall–Kier alpha value is -2.62. The molecule has 186 valence electrons. The summed E-state index contributed by atoms with van der Waals surface area (Å²) in [5.74, 6) is 0.0917. The van der Waals surface area contributed by atoms with Gasteiger partial charge in [0.25, 0.3) is 0 Å². The number of thiazole rings is 1. The number of nitrogens with one attached hydrogen (secondary N) is 1. The van der Waals surface area contributed by atoms with Crippen LogP contribution in [0.5, 0.6) is 0 Å². The van der Waals surface area contributed by atoms with Gasteiger partial charge in [-0.05, 0) is 58.1 Å². The van der Waals surface area contributed by atoms with Crippen LogP contribution in [0.2, 0.25) is 0 Å². The molecule has 1 aromatic heterocycles. The summed E-state index contributed by atoms with van der Waals surface area (Å²) in [5, 5.41) is 5.01. The van der Waals surface area contributed by atoms with Crippen molar-refractivity contribution in [2.45, 2.75) is 58.2 Å². The molecule has 1 aliphatic heterocycles. The van der Waals surface area contributed by atoms with Gasteiger partial charge in [-0.1, -0.05) is 12.1 Å². The molecule has 2 heterocycles. The molecule has 1 fully saturated rings. The smallest absolute Gasteiger partial charge is 0.416 e. The van der Waals surface area contributed by atoms with E-state index < -0.39 is 17.3 Å². The number of halogens is 3. The van der Waals surface area contributed by atoms with Gasteiger partial charge >= 0.3 is 12.3 Å². The molecule has 2 amide bonds. The normalized spacial score (nSPS) is 16.9. The number of ether oxygens (including phenoxy) is 1. The number of amides is 2. The molecule has 2 aromatic rings. The summed E-state index contributed by atoms with van der Waals surface area (Å²) in [7, 11) is 0. The molecule has 0 saturated carbocycles. The number of carbonyl (C=O) groups is 2. The molecule has 0 aliphatic carbocycles. The largest absolute Gasteiger partial charge is 0.444 e. The fourth-order valence-electron chi connectivity index (χ4n) is 3.79. The summed E-state index contributed by atoms with van der Waals surface area (Å²) in [6, 6.07) is 5.00. The predicted octanol–water partition coefficient (Wildman–Crippen LogP) is 5.52. The number of rotatable bonds is 6. The highest BCUT2D eigenvalue weighted by Gasteiger charge is 2.31. The summed E-state index contributed by atoms with van der Waals surface area (Å²) >= 11 is 1.21. The molecule has 1 saturated heterocycles. The van der Waals surface area contributed by atoms with Crippen LogP contribution in [0.1, 0.15) is 51.3 Å². The van der Waals surface area contributed by atoms with Gasteiger partial charge < -0.3 is 15.0 Å². The first-order chi connectivity index (χ1) is 15.9. The minimum Gasteiger partial charge on any atom is -0.444 e. The Balaban J connectivity index is 1.45. The first kappa shape index (κ1) is 26.0. The molecule has 1 unspecified atom stereocenters. The SMILES string of the molecule is CC(C)(C)OC(=O)N1CCCC(CCNC(=O)Cc2csc(-c3cccc(C(F)(F)F)c3)n2)C1. The highest BCUT2D eigenvalue weighted by molar-refractivity contribution is 7.13. The number of alkyl halides is 3. The quantitative estimate of drug-likeness (QED) is 0.570. The lowest BCUT2D eigenvalue weighted by Gasteiger charge is -2.34. The van der Waals surface area contributed by atoms with E-state index in [-0.39, 0.29) is 24.3 Å². The van der Waals surface area contributed by atoms with Gasteiger partial charge in [-0.3, -0.25) is 4.79 Å². The Kier molecular flexibility index (Phi) is 8.22. The standard InChI is InChI=1S/C24H30F3N3O3S/c1-23(2,3)33-22(32)30-11-5-6-16(14-30)9-10-28-20(31)13-19-15-34-21(29-19)17-7-4-8-18(12-17)24(25,26)27/h4,7-8,12,15-16H,5-6,9-11,13-14H2,1-3H3,(H,28,31). The second-order valence-corrected chi connectivity index (χ2v) is 10.3. The zero-order chi connectivity index (χ0) is 24.9. The lowest BCUT2D eigenvalue weighted by molar-refractivity contribution is -0.137. The van der Waals surface area contributed by atoms with Gasteiger partial charge in [0.05, 0.1) is 17.7 Å². The molecule has 3 rings (SSSR count). The zero-order valence-corrected chi connectivity index (χ0v) is 20.4. The molecule has 1 aromatic carbocycles. The van der Waals surface area contributed by atoms with Crippen LogP contribution in [0.3, 0.4) is 0 Å². The van der Waals surface area contributed by atoms with Crippen LogP contribution in [0.15, 0.2) is 29.6 Å². The van der Waals surface area contributed by atoms with Crippen LogP contribution >= 0.6 is 11.3 Å². The maximum atomic E-state index is 12.9. The summed E-state index contributed by atoms with van der Waals surface area (Å²) in [6.07, 6.45) is -2.03. The van der Waals surface area contributed by atoms with Crippen molar-refractivity contribution in [3.63, 3.8) is 0 Å². The van der Waals surface area contributed by atoms with Crippen LogP contribution in [-0.2, 0) is 22.1 Å². The monoisotopic (exact) mass is 497 g/mol. The number of piperidine rings is 1. The van der Waals surface area contributed by atoms with E-state index in [0.29, 0.717) is 35.9 Å². The van der Waals surface area contributed by atoms with Gasteiger partial charge in [-0.2, -0.15) is 13.2 Å². The number of carbonyl (C=O) groups excluding carboxylic acids is 2. The zero-order valence-electron chi connectivity index (χ0n) is 19.6. The summed E-state index contributed by atoms with van der Waals surface area (Å²) in [6.45, 7) is 7.29. The highest BCUT2D eigenvalue weighted by Crippen LogP contribution is 2.33. The molecular weight excluding hydrogens is 467 g/mol. The van der Waals surface area contributed by atoms with Crippen molar-refractivity contribution in [3.05, 3.63) is 40.9 Å². The van der Waals surface area contributed by atoms with Crippen molar-refractivity contribution in [1.29, 1.82) is 0 Å². The molecule has 1 N–H and O–H groups in total. The van der Waals surface area contributed by atoms with Crippen molar-refractivity contribution in [3.8, 4) is 10.6 Å². The molecule has 6 nitrogen and oxygen atoms in total. The number of aromatic nitrogens is 1. The number of hydrogen-bond donors (Lipinski definition) is 1. The van der Waals surface area contributed by atoms with Gasteiger partial charge in [0, 0.05) is 30.6 Å². The maximum Gasteiger partial charge on any atom is 0.416 e. The topological polar surface area (TPSA) is 71.5 Å². The molecule has 0 spiro atoms. The fraction of sp³-hybridized carbons (Fsp3) is 0.542. The molecule has 34 heavy (non-hydrogen) atoms. The van der Waals surface area contributed by atoms with Crippen molar-refractivity contribution in [2.75, 3.05) is 19.6 Å². The third kappa shape index (κ3) is 7.72. The van der Waals surface area contributed by atoms with Crippen molar-refractivity contribution < 1.29 is 27.5 Å². The number of hydrogen-bond acceptors (Lipinski definition) is 5. The van der Waals surface area contributed by atoms with E-state index in [1.807, 2.05) is 20.8 Å². The van der Waals surface area contributed by atoms with Gasteiger partial charge in [-0.25, -0.2) is 9.78 Å². The van der Waals surface area contributed by atoms with Crippen molar-refractivity contribution in [1.82, 2.24) is 15.2 Å². The Morgan fingerprint density at radius 2 is 2.03 bits per heavy atom. The van der Waals surface area contributed by atoms with Crippen LogP contribution in [-0.4, -0.2) is 47.1 Å². The molecule has 10 heteroatoms. The molecule has 0 bridgehead atoms. The second kappa shape index (κ2) is 10.8. The summed E-state index contributed by atoms with van der Waals surface area (Å²) in [5.41, 5.74) is -0.372. The van der Waals surface area contributed by atoms with E-state index in [9.17, 15) is 22.8 Å². The van der Waals surface area contributed by atoms with Gasteiger partial charge in [0.2, 0.25) is 5.91 Å². The first-order valence-corrected chi connectivity index (χ1v) is 12.2. The summed E-state index contributed by atoms with van der Waals surface area (Å²) in [4.78, 5) is 30.7. The van der Waals surface area contributed by atoms with E-state index in [1.165, 1.54) is 17.4 Å². The average molecular weight is 498 g/mol. The van der Waals surface area contributed by atoms with Crippen LogP contribution in [0.25, 0.3) is 10.6 Å². The minimum absolute atomic E-state index is 0.0597. The van der Waals surface area contributed by atoms with E-state index in [4.69, 9.17) is 4.74 Å². The third-order valence-electron chi connectivity index (χ3n) is 5.38. The molecular formula is C24H30F3N3O3S. The van der Waals surface area contributed by atoms with E-state index in [2.05, 4.69) is 10.3 Å². The van der Waals surface area contributed by atoms with Crippen molar-refractivity contribution >= 4 is 23.3 Å². The molecule has 0 radical (unpaired) electrons. The van der Waals surface area contributed by atoms with Gasteiger partial charge in [0.15, 0.2) is 0 Å². The van der Waals surface area contributed by atoms with E-state index >= 15 is 0 Å². The highest BCUT2D eigenvalue weighted by atomic mass is 32.1. The predicted molar refractivity (Wildman–Crippen MR) is 124 cm³/mol. The first-order valence-electron chi connectivity index (χ1n) is 11.3. The summed E-state index contributed by atoms with van der Waals surface area (Å²) < 4.78 is 44.3. The van der Waals surface area contributed by atoms with Crippen LogP contribution in [0, 0.1) is 5.92 Å². The maximum absolute atomic E-state index is 12.9. The Bertz CT molecular complexity index is 1000. The average Bonchev–Trinajstić information content (AvgIpc) is 3.21. The molecule has 1 atom stereocenters. The Morgan fingerprint density at radius 3 is 2.74 bits per heavy atom. The van der Waals surface area contributed by atoms with Crippen molar-refractivity contribution in [2.24, 2.45) is 5.92 Å². The second-order valence-electron chi connectivity index (χ2n) is 9.47. The van der Waals surface area contributed by atoms with Crippen LogP contribution < -0.4 is 5.32 Å². The number of likely N-dealkylation sites (tertiary alicyclic amines) is 1. The minimum atomic E-state index is -4.42. The Labute approximate surface area is 201 Å².